The standard InChI is InChI=1S/C59H62N3O.C58H60N3O.2Pt/c1-13-59(11,12)45-26-27-52(48(36-45)41-18-15-14-16-19-41)62-53-21-17-20-47(54(53)61-56(62)49-30-38(4)31-50(55(49)63)58(8,9)10)43-32-44(34-46(33-43)57(5,6)7)51-35-42(28-29-60-51)40-24-22-39(23-25-40)37(2)3;1-36(2)28-39-20-25-52(48(31-39)42-16-13-12-14-17-42)61-53-19-15-18-47(54(53)60-56(61)49-29-38(5)30-50(55(49)62)58(9,10)11)44-32-45(34-46(33-44)57(6,7)8)51-35-43(26-27-59-51)41-23-21-40(22-24-41)37(3)4;;/h14-31,33-37,63H,13H2,1-12H3;12-27,29-31,33-37,62H,28H2,1-11H3;;/q2*-1;;/i2*37D;;. The van der Waals surface area contributed by atoms with Crippen molar-refractivity contribution in [2.24, 2.45) is 5.92 Å². The largest absolute Gasteiger partial charge is 0.507 e. The number of fused-ring (bicyclic) bond motifs is 2. The molecule has 12 aromatic carbocycles. The number of para-hydroxylation sites is 2. The van der Waals surface area contributed by atoms with E-state index in [9.17, 15) is 10.2 Å². The first kappa shape index (κ1) is 90.6. The van der Waals surface area contributed by atoms with Crippen molar-refractivity contribution in [1.82, 2.24) is 29.1 Å². The number of phenols is 2. The molecule has 2 N–H and O–H groups in total. The van der Waals surface area contributed by atoms with Gasteiger partial charge < -0.3 is 10.2 Å². The zero-order chi connectivity index (χ0) is 90.9. The van der Waals surface area contributed by atoms with Gasteiger partial charge in [-0.25, -0.2) is 9.97 Å². The van der Waals surface area contributed by atoms with Gasteiger partial charge in [0.15, 0.2) is 0 Å². The van der Waals surface area contributed by atoms with Crippen LogP contribution in [0, 0.1) is 31.9 Å². The summed E-state index contributed by atoms with van der Waals surface area (Å²) in [5, 5.41) is 24.6. The Hall–Kier alpha value is -11.1. The van der Waals surface area contributed by atoms with Crippen LogP contribution in [0.4, 0.5) is 0 Å². The third kappa shape index (κ3) is 19.8. The van der Waals surface area contributed by atoms with E-state index in [2.05, 4.69) is 371 Å². The van der Waals surface area contributed by atoms with Crippen molar-refractivity contribution in [2.45, 2.75) is 211 Å². The number of benzene rings is 12. The summed E-state index contributed by atoms with van der Waals surface area (Å²) in [5.41, 5.74) is 32.5. The molecule has 0 fully saturated rings. The van der Waals surface area contributed by atoms with Gasteiger partial charge in [0.2, 0.25) is 0 Å². The molecule has 4 aromatic heterocycles. The van der Waals surface area contributed by atoms with Crippen molar-refractivity contribution < 1.29 is 55.1 Å². The zero-order valence-electron chi connectivity index (χ0n) is 80.1. The van der Waals surface area contributed by atoms with E-state index in [-0.39, 0.29) is 80.7 Å². The molecule has 654 valence electrons. The molecule has 0 saturated heterocycles. The molecular formula is C117H122N6O2Pt2-2. The minimum Gasteiger partial charge on any atom is -0.507 e. The zero-order valence-corrected chi connectivity index (χ0v) is 82.6. The van der Waals surface area contributed by atoms with E-state index < -0.39 is 11.8 Å². The van der Waals surface area contributed by atoms with Gasteiger partial charge in [0.25, 0.3) is 0 Å². The van der Waals surface area contributed by atoms with Crippen LogP contribution in [0.25, 0.3) is 145 Å². The number of pyridine rings is 2. The normalized spacial score (nSPS) is 12.5. The molecule has 0 aliphatic rings. The van der Waals surface area contributed by atoms with E-state index in [0.29, 0.717) is 28.7 Å². The minimum atomic E-state index is -0.670. The van der Waals surface area contributed by atoms with Crippen molar-refractivity contribution >= 4 is 22.1 Å². The maximum absolute atomic E-state index is 12.3. The second-order valence-electron chi connectivity index (χ2n) is 39.9. The van der Waals surface area contributed by atoms with Gasteiger partial charge in [-0.15, -0.1) is 58.7 Å². The Labute approximate surface area is 786 Å². The van der Waals surface area contributed by atoms with Crippen molar-refractivity contribution in [3.05, 3.63) is 335 Å². The molecule has 0 aliphatic heterocycles. The number of phenolic OH excluding ortho intramolecular Hbond substituents is 2. The topological polar surface area (TPSA) is 102 Å². The molecule has 16 rings (SSSR count). The Kier molecular flexibility index (Phi) is 26.6. The smallest absolute Gasteiger partial charge is 0.148 e. The van der Waals surface area contributed by atoms with Gasteiger partial charge in [-0.3, -0.25) is 19.1 Å². The summed E-state index contributed by atoms with van der Waals surface area (Å²) in [6.07, 6.45) is 5.71. The second-order valence-corrected chi connectivity index (χ2v) is 39.9. The van der Waals surface area contributed by atoms with Crippen LogP contribution in [0.5, 0.6) is 11.5 Å². The Morgan fingerprint density at radius 2 is 0.756 bits per heavy atom. The van der Waals surface area contributed by atoms with Gasteiger partial charge in [-0.2, -0.15) is 0 Å². The first-order valence-corrected chi connectivity index (χ1v) is 44.3. The SMILES string of the molecule is [2H]C(C)(C)c1ccc(-c2ccnc(-c3[c-]c(-c4cccc5c4nc(-c4cc(C)cc(C(C)(C)C)c4O)n5-c4ccc(C(C)(C)CC)cc4-c4ccccc4)cc(C(C)(C)C)c3)c2)cc1.[2H]C(C)(C)c1ccc(-c2ccnc(-c3[c-]c(-c4cccc5c4nc(-c4cc(C)cc(C(C)(C)C)c4O)n5-c4ccc(CC(C)C)cc4-c4ccccc4)cc(C(C)(C)C)c3)c2)cc1.[Pt].[Pt]. The number of rotatable bonds is 18. The van der Waals surface area contributed by atoms with E-state index in [1.807, 2.05) is 76.5 Å². The maximum Gasteiger partial charge on any atom is 0.148 e. The van der Waals surface area contributed by atoms with Gasteiger partial charge in [-0.05, 0) is 199 Å². The molecule has 10 heteroatoms. The van der Waals surface area contributed by atoms with E-state index >= 15 is 0 Å². The van der Waals surface area contributed by atoms with Gasteiger partial charge in [-0.1, -0.05) is 338 Å². The molecule has 0 spiro atoms. The molecule has 127 heavy (non-hydrogen) atoms. The van der Waals surface area contributed by atoms with E-state index in [0.717, 1.165) is 180 Å². The number of aromatic nitrogens is 6. The fourth-order valence-electron chi connectivity index (χ4n) is 17.0. The summed E-state index contributed by atoms with van der Waals surface area (Å²) < 4.78 is 21.5. The van der Waals surface area contributed by atoms with Crippen molar-refractivity contribution in [3.63, 3.8) is 0 Å². The second kappa shape index (κ2) is 37.3. The van der Waals surface area contributed by atoms with Gasteiger partial charge >= 0.3 is 0 Å². The van der Waals surface area contributed by atoms with Gasteiger partial charge in [0, 0.05) is 90.9 Å². The Morgan fingerprint density at radius 1 is 0.362 bits per heavy atom. The first-order chi connectivity index (χ1) is 59.9. The van der Waals surface area contributed by atoms with E-state index in [4.69, 9.17) is 22.7 Å². The first-order valence-electron chi connectivity index (χ1n) is 45.3. The fourth-order valence-corrected chi connectivity index (χ4v) is 17.0. The minimum absolute atomic E-state index is 0. The molecule has 0 bridgehead atoms. The molecule has 0 unspecified atom stereocenters. The van der Waals surface area contributed by atoms with Crippen LogP contribution >= 0.6 is 0 Å². The quantitative estimate of drug-likeness (QED) is 0.0830. The monoisotopic (exact) mass is 2030 g/mol. The maximum atomic E-state index is 12.3. The van der Waals surface area contributed by atoms with Crippen LogP contribution in [0.2, 0.25) is 0 Å². The third-order valence-electron chi connectivity index (χ3n) is 24.7. The molecule has 8 nitrogen and oxygen atoms in total. The van der Waals surface area contributed by atoms with Crippen LogP contribution < -0.4 is 0 Å². The Bertz CT molecular complexity index is 6800. The molecular weight excluding hydrogens is 1910 g/mol. The molecule has 0 amide bonds. The summed E-state index contributed by atoms with van der Waals surface area (Å²) in [5.74, 6) is 1.01. The predicted octanol–water partition coefficient (Wildman–Crippen LogP) is 31.5. The Morgan fingerprint density at radius 3 is 1.13 bits per heavy atom. The van der Waals surface area contributed by atoms with Crippen molar-refractivity contribution in [3.8, 4) is 135 Å². The van der Waals surface area contributed by atoms with E-state index in [1.54, 1.807) is 0 Å². The van der Waals surface area contributed by atoms with Gasteiger partial charge in [0.05, 0.1) is 44.6 Å². The van der Waals surface area contributed by atoms with Gasteiger partial charge in [0.1, 0.15) is 23.1 Å². The summed E-state index contributed by atoms with van der Waals surface area (Å²) in [4.78, 5) is 21.0. The van der Waals surface area contributed by atoms with Crippen LogP contribution in [0.3, 0.4) is 0 Å². The van der Waals surface area contributed by atoms with Crippen molar-refractivity contribution in [2.75, 3.05) is 0 Å². The fraction of sp³-hybridized carbons (Fsp3) is 0.282. The third-order valence-corrected chi connectivity index (χ3v) is 24.7. The Balaban J connectivity index is 0.000000217. The average molecular weight is 2040 g/mol. The number of imidazole rings is 2. The van der Waals surface area contributed by atoms with Crippen LogP contribution in [0.15, 0.2) is 267 Å². The number of nitrogens with zero attached hydrogens (tertiary/aromatic N) is 6. The van der Waals surface area contributed by atoms with Crippen LogP contribution in [0.1, 0.15) is 222 Å². The summed E-state index contributed by atoms with van der Waals surface area (Å²) in [6, 6.07) is 97.6. The molecule has 4 heterocycles. The average Bonchev–Trinajstić information content (AvgIpc) is 1.59. The summed E-state index contributed by atoms with van der Waals surface area (Å²) >= 11 is 0. The van der Waals surface area contributed by atoms with E-state index in [1.165, 1.54) is 11.1 Å². The van der Waals surface area contributed by atoms with Crippen LogP contribution in [-0.2, 0) is 75.6 Å². The molecule has 0 aliphatic carbocycles. The number of hydrogen-bond donors (Lipinski definition) is 2. The molecule has 0 radical (unpaired) electrons. The summed E-state index contributed by atoms with van der Waals surface area (Å²) in [7, 11) is 0. The predicted molar refractivity (Wildman–Crippen MR) is 527 cm³/mol. The molecule has 0 atom stereocenters. The number of hydrogen-bond acceptors (Lipinski definition) is 6. The van der Waals surface area contributed by atoms with Crippen molar-refractivity contribution in [1.29, 1.82) is 0 Å². The number of aryl methyl sites for hydroxylation is 2. The van der Waals surface area contributed by atoms with Crippen LogP contribution in [-0.4, -0.2) is 39.3 Å². The molecule has 0 saturated carbocycles. The molecule has 16 aromatic rings. The summed E-state index contributed by atoms with van der Waals surface area (Å²) in [6.45, 7) is 49.5. The number of aromatic hydroxyl groups is 2.